The first kappa shape index (κ1) is 32.4. The quantitative estimate of drug-likeness (QED) is 0.250. The molecule has 1 aromatic carbocycles. The standard InChI is InChI=1S/C31H41ClN2O7S/c1-17-8-7-9-19(3)31(38)16-23(39-29(37)33-31)20(4)28-30(5,41-28)24(40-26(36)10-11-42)15-25(35)34(6)22-14-21(12-17)13-18(2)27(22)32/h7-9,13-14,19-20,23-24,28,38,42H,10-12,15-16H2,1-6H3,(H,33,37)/b9-7+,17-8+. The van der Waals surface area contributed by atoms with Crippen molar-refractivity contribution in [3.05, 3.63) is 52.1 Å². The number of nitrogens with one attached hydrogen (secondary N) is 1. The number of fused-ring (bicyclic) bond motifs is 5. The van der Waals surface area contributed by atoms with E-state index in [4.69, 9.17) is 25.8 Å². The number of hydrogen-bond acceptors (Lipinski definition) is 8. The molecule has 0 aromatic heterocycles. The normalized spacial score (nSPS) is 35.7. The zero-order valence-corrected chi connectivity index (χ0v) is 26.6. The van der Waals surface area contributed by atoms with Gasteiger partial charge in [-0.25, -0.2) is 4.79 Å². The van der Waals surface area contributed by atoms with Gasteiger partial charge in [-0.1, -0.05) is 55.3 Å². The van der Waals surface area contributed by atoms with E-state index in [2.05, 4.69) is 17.9 Å². The number of epoxide rings is 1. The highest BCUT2D eigenvalue weighted by molar-refractivity contribution is 7.80. The topological polar surface area (TPSA) is 118 Å². The van der Waals surface area contributed by atoms with Gasteiger partial charge in [0.25, 0.3) is 0 Å². The van der Waals surface area contributed by atoms with Crippen LogP contribution in [0.5, 0.6) is 0 Å². The molecule has 0 radical (unpaired) electrons. The third-order valence-electron chi connectivity index (χ3n) is 8.68. The number of carbonyl (C=O) groups is 3. The number of ether oxygens (including phenoxy) is 3. The highest BCUT2D eigenvalue weighted by atomic mass is 35.5. The van der Waals surface area contributed by atoms with Crippen LogP contribution in [-0.2, 0) is 30.2 Å². The molecule has 2 N–H and O–H groups in total. The number of aryl methyl sites for hydroxylation is 1. The van der Waals surface area contributed by atoms with Gasteiger partial charge in [-0.15, -0.1) is 0 Å². The van der Waals surface area contributed by atoms with E-state index in [9.17, 15) is 19.5 Å². The number of halogens is 1. The first-order chi connectivity index (χ1) is 19.7. The molecular formula is C31H41ClN2O7S. The maximum absolute atomic E-state index is 13.7. The van der Waals surface area contributed by atoms with E-state index in [1.54, 1.807) is 14.0 Å². The Morgan fingerprint density at radius 1 is 1.29 bits per heavy atom. The molecule has 230 valence electrons. The van der Waals surface area contributed by atoms with Gasteiger partial charge in [-0.2, -0.15) is 12.6 Å². The molecule has 2 saturated heterocycles. The molecule has 42 heavy (non-hydrogen) atoms. The van der Waals surface area contributed by atoms with E-state index in [-0.39, 0.29) is 31.1 Å². The van der Waals surface area contributed by atoms with E-state index in [0.29, 0.717) is 22.9 Å². The van der Waals surface area contributed by atoms with Crippen LogP contribution in [0.4, 0.5) is 10.5 Å². The second-order valence-corrected chi connectivity index (χ2v) is 12.8. The Balaban J connectivity index is 1.76. The van der Waals surface area contributed by atoms with Gasteiger partial charge < -0.3 is 24.2 Å². The molecule has 9 nitrogen and oxygen atoms in total. The summed E-state index contributed by atoms with van der Waals surface area (Å²) in [6.45, 7) is 9.38. The van der Waals surface area contributed by atoms with Crippen molar-refractivity contribution in [3.8, 4) is 0 Å². The Morgan fingerprint density at radius 3 is 2.69 bits per heavy atom. The zero-order chi connectivity index (χ0) is 31.0. The minimum absolute atomic E-state index is 0.0736. The number of alkyl carbamates (subject to hydrolysis) is 1. The van der Waals surface area contributed by atoms with E-state index in [1.165, 1.54) is 4.90 Å². The third-order valence-corrected chi connectivity index (χ3v) is 9.39. The van der Waals surface area contributed by atoms with Crippen LogP contribution in [-0.4, -0.2) is 65.5 Å². The fraction of sp³-hybridized carbons (Fsp3) is 0.581. The number of thiol groups is 1. The number of rotatable bonds is 3. The second kappa shape index (κ2) is 12.6. The number of hydrogen-bond donors (Lipinski definition) is 3. The van der Waals surface area contributed by atoms with Gasteiger partial charge in [0.2, 0.25) is 5.91 Å². The van der Waals surface area contributed by atoms with Crippen LogP contribution in [0, 0.1) is 18.8 Å². The van der Waals surface area contributed by atoms with Crippen molar-refractivity contribution in [2.75, 3.05) is 17.7 Å². The first-order valence-electron chi connectivity index (χ1n) is 14.3. The minimum Gasteiger partial charge on any atom is -0.459 e. The maximum atomic E-state index is 13.7. The van der Waals surface area contributed by atoms with Crippen molar-refractivity contribution < 1.29 is 33.7 Å². The van der Waals surface area contributed by atoms with Gasteiger partial charge in [0, 0.05) is 31.1 Å². The predicted octanol–water partition coefficient (Wildman–Crippen LogP) is 4.91. The number of esters is 1. The first-order valence-corrected chi connectivity index (χ1v) is 15.3. The average molecular weight is 621 g/mol. The van der Waals surface area contributed by atoms with E-state index in [0.717, 1.165) is 16.7 Å². The molecule has 1 aromatic rings. The summed E-state index contributed by atoms with van der Waals surface area (Å²) in [4.78, 5) is 40.4. The lowest BCUT2D eigenvalue weighted by molar-refractivity contribution is -0.153. The summed E-state index contributed by atoms with van der Waals surface area (Å²) < 4.78 is 17.6. The number of carbonyl (C=O) groups excluding carboxylic acids is 3. The van der Waals surface area contributed by atoms with E-state index >= 15 is 0 Å². The van der Waals surface area contributed by atoms with Crippen molar-refractivity contribution in [1.29, 1.82) is 0 Å². The van der Waals surface area contributed by atoms with Crippen LogP contribution in [0.2, 0.25) is 5.02 Å². The third kappa shape index (κ3) is 6.82. The summed E-state index contributed by atoms with van der Waals surface area (Å²) in [7, 11) is 1.65. The number of anilines is 1. The van der Waals surface area contributed by atoms with Crippen molar-refractivity contribution in [1.82, 2.24) is 5.32 Å². The van der Waals surface area contributed by atoms with Gasteiger partial charge in [0.05, 0.1) is 29.7 Å². The number of allylic oxidation sites excluding steroid dienone is 3. The lowest BCUT2D eigenvalue weighted by atomic mass is 9.82. The summed E-state index contributed by atoms with van der Waals surface area (Å²) in [5.41, 5.74) is 0.858. The van der Waals surface area contributed by atoms with Crippen molar-refractivity contribution in [2.24, 2.45) is 11.8 Å². The van der Waals surface area contributed by atoms with Crippen molar-refractivity contribution >= 4 is 47.9 Å². The molecular weight excluding hydrogens is 580 g/mol. The molecule has 4 rings (SSSR count). The highest BCUT2D eigenvalue weighted by Gasteiger charge is 2.64. The lowest BCUT2D eigenvalue weighted by Crippen LogP contribution is -2.60. The zero-order valence-electron chi connectivity index (χ0n) is 25.0. The molecule has 3 aliphatic heterocycles. The van der Waals surface area contributed by atoms with Crippen LogP contribution in [0.1, 0.15) is 58.1 Å². The number of benzene rings is 1. The van der Waals surface area contributed by atoms with Crippen LogP contribution in [0.15, 0.2) is 35.9 Å². The second-order valence-electron chi connectivity index (χ2n) is 12.0. The number of aliphatic hydroxyl groups is 1. The Bertz CT molecular complexity index is 1300. The van der Waals surface area contributed by atoms with E-state index < -0.39 is 47.6 Å². The van der Waals surface area contributed by atoms with Gasteiger partial charge in [0.1, 0.15) is 23.5 Å². The Kier molecular flexibility index (Phi) is 9.72. The monoisotopic (exact) mass is 620 g/mol. The molecule has 3 heterocycles. The molecule has 4 bridgehead atoms. The number of amides is 2. The maximum Gasteiger partial charge on any atom is 0.409 e. The van der Waals surface area contributed by atoms with Crippen LogP contribution in [0.3, 0.4) is 0 Å². The van der Waals surface area contributed by atoms with E-state index in [1.807, 2.05) is 58.1 Å². The van der Waals surface area contributed by atoms with Gasteiger partial charge in [-0.3, -0.25) is 14.9 Å². The largest absolute Gasteiger partial charge is 0.459 e. The SMILES string of the molecule is C/C1=C\C=C\C(C)C2(O)CC(OC(=O)N2)C(C)C2OC2(C)C(OC(=O)CCS)CC(=O)N(C)c2cc(cc(C)c2Cl)C1. The molecule has 0 aliphatic carbocycles. The summed E-state index contributed by atoms with van der Waals surface area (Å²) in [6, 6.07) is 3.88. The molecule has 0 spiro atoms. The predicted molar refractivity (Wildman–Crippen MR) is 164 cm³/mol. The summed E-state index contributed by atoms with van der Waals surface area (Å²) >= 11 is 10.8. The summed E-state index contributed by atoms with van der Waals surface area (Å²) in [6.07, 6.45) is 3.52. The smallest absolute Gasteiger partial charge is 0.409 e. The molecule has 7 atom stereocenters. The van der Waals surface area contributed by atoms with Crippen LogP contribution < -0.4 is 10.2 Å². The van der Waals surface area contributed by atoms with Crippen molar-refractivity contribution in [3.63, 3.8) is 0 Å². The Morgan fingerprint density at radius 2 is 2.00 bits per heavy atom. The van der Waals surface area contributed by atoms with Crippen LogP contribution in [0.25, 0.3) is 0 Å². The summed E-state index contributed by atoms with van der Waals surface area (Å²) in [5, 5.41) is 14.6. The Hall–Kier alpha value is -2.53. The van der Waals surface area contributed by atoms with Crippen molar-refractivity contribution in [2.45, 2.75) is 89.9 Å². The highest BCUT2D eigenvalue weighted by Crippen LogP contribution is 2.49. The molecule has 7 unspecified atom stereocenters. The molecule has 11 heteroatoms. The summed E-state index contributed by atoms with van der Waals surface area (Å²) in [5.74, 6) is -1.30. The Labute approximate surface area is 258 Å². The average Bonchev–Trinajstić information content (AvgIpc) is 3.60. The molecule has 2 amide bonds. The van der Waals surface area contributed by atoms with Gasteiger partial charge in [-0.05, 0) is 44.4 Å². The number of nitrogens with zero attached hydrogens (tertiary/aromatic N) is 1. The molecule has 2 fully saturated rings. The van der Waals surface area contributed by atoms with Crippen LogP contribution >= 0.6 is 24.2 Å². The lowest BCUT2D eigenvalue weighted by Gasteiger charge is -2.41. The van der Waals surface area contributed by atoms with Gasteiger partial charge >= 0.3 is 12.1 Å². The fourth-order valence-electron chi connectivity index (χ4n) is 5.86. The molecule has 0 saturated carbocycles. The van der Waals surface area contributed by atoms with Gasteiger partial charge in [0.15, 0.2) is 0 Å². The fourth-order valence-corrected chi connectivity index (χ4v) is 6.27. The minimum atomic E-state index is -1.54. The molecule has 3 aliphatic rings.